The van der Waals surface area contributed by atoms with Crippen LogP contribution in [-0.2, 0) is 4.79 Å². The first-order valence-corrected chi connectivity index (χ1v) is 8.13. The molecule has 0 aromatic heterocycles. The monoisotopic (exact) mass is 313 g/mol. The molecule has 0 fully saturated rings. The first-order valence-electron chi connectivity index (χ1n) is 8.13. The fourth-order valence-corrected chi connectivity index (χ4v) is 2.26. The number of hydrogen-bond donors (Lipinski definition) is 1. The fourth-order valence-electron chi connectivity index (χ4n) is 2.26. The number of benzene rings is 1. The van der Waals surface area contributed by atoms with Crippen LogP contribution in [0.1, 0.15) is 68.6 Å². The van der Waals surface area contributed by atoms with E-state index in [-0.39, 0.29) is 29.6 Å². The summed E-state index contributed by atoms with van der Waals surface area (Å²) in [5.74, 6) is -0.945. The average molecular weight is 313 g/mol. The molecule has 4 heteroatoms. The molecule has 0 radical (unpaired) electrons. The van der Waals surface area contributed by atoms with Crippen LogP contribution in [0.3, 0.4) is 0 Å². The van der Waals surface area contributed by atoms with Crippen LogP contribution in [-0.4, -0.2) is 47.8 Å². The Kier molecular flexibility index (Phi) is 13.6. The molecule has 0 aliphatic carbocycles. The van der Waals surface area contributed by atoms with Gasteiger partial charge in [-0.25, -0.2) is 0 Å². The van der Waals surface area contributed by atoms with Gasteiger partial charge in [-0.15, -0.1) is 0 Å². The maximum absolute atomic E-state index is 11.8. The molecule has 1 amide bonds. The van der Waals surface area contributed by atoms with E-state index >= 15 is 0 Å². The maximum atomic E-state index is 11.8. The van der Waals surface area contributed by atoms with Gasteiger partial charge < -0.3 is 5.32 Å². The SMILES string of the molecule is CCCCCCCCCCNC(=O)C(=O)c1ccccc1.[NaH]. The average Bonchev–Trinajstić information content (AvgIpc) is 2.53. The first-order chi connectivity index (χ1) is 10.3. The molecule has 118 valence electrons. The Bertz CT molecular complexity index is 420. The van der Waals surface area contributed by atoms with Gasteiger partial charge in [-0.2, -0.15) is 0 Å². The number of hydrogen-bond acceptors (Lipinski definition) is 2. The van der Waals surface area contributed by atoms with Gasteiger partial charge in [0.2, 0.25) is 5.78 Å². The van der Waals surface area contributed by atoms with Gasteiger partial charge in [-0.3, -0.25) is 9.59 Å². The summed E-state index contributed by atoms with van der Waals surface area (Å²) >= 11 is 0. The zero-order valence-corrected chi connectivity index (χ0v) is 13.1. The van der Waals surface area contributed by atoms with E-state index in [2.05, 4.69) is 12.2 Å². The quantitative estimate of drug-likeness (QED) is 0.294. The topological polar surface area (TPSA) is 46.2 Å². The predicted molar refractivity (Wildman–Crippen MR) is 93.5 cm³/mol. The molecule has 1 aromatic rings. The third kappa shape index (κ3) is 9.39. The van der Waals surface area contributed by atoms with Gasteiger partial charge in [-0.05, 0) is 6.42 Å². The molecule has 1 aromatic carbocycles. The molecule has 3 nitrogen and oxygen atoms in total. The summed E-state index contributed by atoms with van der Waals surface area (Å²) in [4.78, 5) is 23.5. The number of carbonyl (C=O) groups is 2. The molecule has 1 rings (SSSR count). The van der Waals surface area contributed by atoms with Gasteiger partial charge in [0, 0.05) is 12.1 Å². The van der Waals surface area contributed by atoms with Crippen LogP contribution in [0.5, 0.6) is 0 Å². The Morgan fingerprint density at radius 3 is 2.00 bits per heavy atom. The van der Waals surface area contributed by atoms with Gasteiger partial charge in [0.05, 0.1) is 0 Å². The van der Waals surface area contributed by atoms with E-state index in [1.807, 2.05) is 6.07 Å². The van der Waals surface area contributed by atoms with Crippen molar-refractivity contribution in [2.75, 3.05) is 6.54 Å². The van der Waals surface area contributed by atoms with Gasteiger partial charge in [0.15, 0.2) is 0 Å². The summed E-state index contributed by atoms with van der Waals surface area (Å²) in [6.07, 6.45) is 9.81. The van der Waals surface area contributed by atoms with Crippen molar-refractivity contribution in [3.63, 3.8) is 0 Å². The van der Waals surface area contributed by atoms with E-state index in [0.717, 1.165) is 12.8 Å². The molecule has 0 saturated heterocycles. The van der Waals surface area contributed by atoms with E-state index in [1.54, 1.807) is 24.3 Å². The zero-order valence-electron chi connectivity index (χ0n) is 13.1. The van der Waals surface area contributed by atoms with Crippen molar-refractivity contribution in [1.29, 1.82) is 0 Å². The molecule has 1 N–H and O–H groups in total. The number of Topliss-reactive ketones (excluding diaryl/α,β-unsaturated/α-hetero) is 1. The van der Waals surface area contributed by atoms with Crippen molar-refractivity contribution >= 4 is 41.2 Å². The Morgan fingerprint density at radius 2 is 1.41 bits per heavy atom. The molecular formula is C18H28NNaO2. The standard InChI is InChI=1S/C18H27NO2.Na.H/c1-2-3-4-5-6-7-8-12-15-19-18(21)17(20)16-13-10-9-11-14-16;;/h9-11,13-14H,2-8,12,15H2,1H3,(H,19,21);;. The van der Waals surface area contributed by atoms with E-state index in [4.69, 9.17) is 0 Å². The van der Waals surface area contributed by atoms with E-state index in [9.17, 15) is 9.59 Å². The summed E-state index contributed by atoms with van der Waals surface area (Å²) in [7, 11) is 0. The second kappa shape index (κ2) is 14.0. The number of unbranched alkanes of at least 4 members (excludes halogenated alkanes) is 7. The minimum atomic E-state index is -0.496. The van der Waals surface area contributed by atoms with Gasteiger partial charge >= 0.3 is 29.6 Å². The van der Waals surface area contributed by atoms with Crippen LogP contribution in [0.15, 0.2) is 30.3 Å². The third-order valence-corrected chi connectivity index (χ3v) is 3.56. The normalized spacial score (nSPS) is 9.86. The van der Waals surface area contributed by atoms with Crippen molar-refractivity contribution in [3.8, 4) is 0 Å². The Morgan fingerprint density at radius 1 is 0.864 bits per heavy atom. The van der Waals surface area contributed by atoms with Crippen LogP contribution in [0.25, 0.3) is 0 Å². The molecule has 0 bridgehead atoms. The Balaban J connectivity index is 0.00000441. The molecule has 0 atom stereocenters. The molecule has 0 unspecified atom stereocenters. The number of amides is 1. The molecule has 0 saturated carbocycles. The second-order valence-corrected chi connectivity index (χ2v) is 5.43. The summed E-state index contributed by atoms with van der Waals surface area (Å²) in [5, 5.41) is 2.70. The van der Waals surface area contributed by atoms with E-state index in [0.29, 0.717) is 12.1 Å². The van der Waals surface area contributed by atoms with Gasteiger partial charge in [0.1, 0.15) is 0 Å². The zero-order chi connectivity index (χ0) is 15.3. The van der Waals surface area contributed by atoms with Crippen LogP contribution in [0.2, 0.25) is 0 Å². The van der Waals surface area contributed by atoms with Gasteiger partial charge in [-0.1, -0.05) is 82.2 Å². The first kappa shape index (κ1) is 21.4. The number of ketones is 1. The van der Waals surface area contributed by atoms with Crippen molar-refractivity contribution in [2.45, 2.75) is 58.3 Å². The van der Waals surface area contributed by atoms with E-state index in [1.165, 1.54) is 38.5 Å². The number of rotatable bonds is 11. The van der Waals surface area contributed by atoms with Crippen molar-refractivity contribution in [1.82, 2.24) is 5.32 Å². The number of carbonyl (C=O) groups excluding carboxylic acids is 2. The van der Waals surface area contributed by atoms with Crippen molar-refractivity contribution < 1.29 is 9.59 Å². The van der Waals surface area contributed by atoms with Crippen molar-refractivity contribution in [3.05, 3.63) is 35.9 Å². The van der Waals surface area contributed by atoms with Crippen LogP contribution < -0.4 is 5.32 Å². The van der Waals surface area contributed by atoms with Crippen molar-refractivity contribution in [2.24, 2.45) is 0 Å². The van der Waals surface area contributed by atoms with E-state index < -0.39 is 11.7 Å². The summed E-state index contributed by atoms with van der Waals surface area (Å²) in [6.45, 7) is 2.81. The van der Waals surface area contributed by atoms with Crippen LogP contribution >= 0.6 is 0 Å². The second-order valence-electron chi connectivity index (χ2n) is 5.43. The molecule has 0 aliphatic heterocycles. The van der Waals surface area contributed by atoms with Gasteiger partial charge in [0.25, 0.3) is 5.91 Å². The molecule has 0 aliphatic rings. The molecular weight excluding hydrogens is 285 g/mol. The molecule has 0 heterocycles. The number of nitrogens with one attached hydrogen (secondary N) is 1. The predicted octanol–water partition coefficient (Wildman–Crippen LogP) is 3.48. The Labute approximate surface area is 156 Å². The summed E-state index contributed by atoms with van der Waals surface area (Å²) < 4.78 is 0. The molecule has 22 heavy (non-hydrogen) atoms. The minimum absolute atomic E-state index is 0. The van der Waals surface area contributed by atoms with Crippen LogP contribution in [0.4, 0.5) is 0 Å². The fraction of sp³-hybridized carbons (Fsp3) is 0.556. The third-order valence-electron chi connectivity index (χ3n) is 3.56. The van der Waals surface area contributed by atoms with Crippen LogP contribution in [0, 0.1) is 0 Å². The summed E-state index contributed by atoms with van der Waals surface area (Å²) in [6, 6.07) is 8.68. The molecule has 0 spiro atoms. The Hall–Kier alpha value is -0.640. The summed E-state index contributed by atoms with van der Waals surface area (Å²) in [5.41, 5.74) is 0.450.